The summed E-state index contributed by atoms with van der Waals surface area (Å²) in [4.78, 5) is 12.1. The number of carbonyl (C=O) groups excluding carboxylic acids is 1. The molecule has 2 atom stereocenters. The fourth-order valence-electron chi connectivity index (χ4n) is 2.55. The first-order valence-electron chi connectivity index (χ1n) is 7.58. The van der Waals surface area contributed by atoms with E-state index in [-0.39, 0.29) is 17.9 Å². The molecule has 5 nitrogen and oxygen atoms in total. The van der Waals surface area contributed by atoms with Crippen molar-refractivity contribution in [1.29, 1.82) is 0 Å². The van der Waals surface area contributed by atoms with E-state index in [1.165, 1.54) is 0 Å². The minimum atomic E-state index is 0.0396. The largest absolute Gasteiger partial charge is 0.488 e. The van der Waals surface area contributed by atoms with Crippen molar-refractivity contribution < 1.29 is 14.3 Å². The summed E-state index contributed by atoms with van der Waals surface area (Å²) in [6.45, 7) is 5.28. The number of hydrogen-bond donors (Lipinski definition) is 2. The smallest absolute Gasteiger partial charge is 0.227 e. The van der Waals surface area contributed by atoms with E-state index in [9.17, 15) is 4.79 Å². The van der Waals surface area contributed by atoms with E-state index in [0.717, 1.165) is 37.6 Å². The Morgan fingerprint density at radius 3 is 2.71 bits per heavy atom. The molecule has 0 radical (unpaired) electrons. The second kappa shape index (κ2) is 6.45. The van der Waals surface area contributed by atoms with Crippen LogP contribution in [0.5, 0.6) is 5.75 Å². The molecule has 0 saturated carbocycles. The SMILES string of the molecule is CC(C(=O)Nc1ccc(OC2CCOC2)cc1)C1CNC1. The molecular weight excluding hydrogens is 268 g/mol. The normalized spacial score (nSPS) is 23.4. The summed E-state index contributed by atoms with van der Waals surface area (Å²) in [5, 5.41) is 6.16. The lowest BCUT2D eigenvalue weighted by Gasteiger charge is -2.31. The van der Waals surface area contributed by atoms with Crippen LogP contribution in [0, 0.1) is 11.8 Å². The van der Waals surface area contributed by atoms with E-state index in [1.807, 2.05) is 31.2 Å². The number of hydrogen-bond acceptors (Lipinski definition) is 4. The molecule has 1 aromatic rings. The lowest BCUT2D eigenvalue weighted by molar-refractivity contribution is -0.121. The summed E-state index contributed by atoms with van der Waals surface area (Å²) >= 11 is 0. The van der Waals surface area contributed by atoms with Gasteiger partial charge in [0, 0.05) is 18.0 Å². The monoisotopic (exact) mass is 290 g/mol. The van der Waals surface area contributed by atoms with Crippen LogP contribution in [-0.4, -0.2) is 38.3 Å². The van der Waals surface area contributed by atoms with Crippen molar-refractivity contribution in [3.8, 4) is 5.75 Å². The molecule has 2 unspecified atom stereocenters. The molecule has 5 heteroatoms. The average molecular weight is 290 g/mol. The lowest BCUT2D eigenvalue weighted by atomic mass is 9.88. The minimum Gasteiger partial charge on any atom is -0.488 e. The van der Waals surface area contributed by atoms with Crippen LogP contribution in [0.3, 0.4) is 0 Å². The standard InChI is InChI=1S/C16H22N2O3/c1-11(12-8-17-9-12)16(19)18-13-2-4-14(5-3-13)21-15-6-7-20-10-15/h2-5,11-12,15,17H,6-10H2,1H3,(H,18,19). The van der Waals surface area contributed by atoms with Gasteiger partial charge in [-0.3, -0.25) is 4.79 Å². The highest BCUT2D eigenvalue weighted by atomic mass is 16.5. The number of carbonyl (C=O) groups is 1. The summed E-state index contributed by atoms with van der Waals surface area (Å²) in [6, 6.07) is 7.55. The molecule has 2 aliphatic heterocycles. The summed E-state index contributed by atoms with van der Waals surface area (Å²) in [5.74, 6) is 1.40. The highest BCUT2D eigenvalue weighted by Crippen LogP contribution is 2.21. The van der Waals surface area contributed by atoms with Crippen LogP contribution in [0.2, 0.25) is 0 Å². The first-order chi connectivity index (χ1) is 10.2. The van der Waals surface area contributed by atoms with Gasteiger partial charge in [0.05, 0.1) is 13.2 Å². The van der Waals surface area contributed by atoms with E-state index < -0.39 is 0 Å². The molecule has 0 bridgehead atoms. The van der Waals surface area contributed by atoms with Crippen LogP contribution in [0.1, 0.15) is 13.3 Å². The predicted molar refractivity (Wildman–Crippen MR) is 80.4 cm³/mol. The zero-order valence-electron chi connectivity index (χ0n) is 12.3. The van der Waals surface area contributed by atoms with Gasteiger partial charge in [0.15, 0.2) is 0 Å². The van der Waals surface area contributed by atoms with Gasteiger partial charge in [0.2, 0.25) is 5.91 Å². The fourth-order valence-corrected chi connectivity index (χ4v) is 2.55. The topological polar surface area (TPSA) is 59.6 Å². The molecule has 21 heavy (non-hydrogen) atoms. The highest BCUT2D eigenvalue weighted by Gasteiger charge is 2.28. The number of benzene rings is 1. The molecule has 2 aliphatic rings. The van der Waals surface area contributed by atoms with Gasteiger partial charge < -0.3 is 20.1 Å². The summed E-state index contributed by atoms with van der Waals surface area (Å²) in [7, 11) is 0. The van der Waals surface area contributed by atoms with E-state index in [2.05, 4.69) is 10.6 Å². The van der Waals surface area contributed by atoms with Gasteiger partial charge in [-0.05, 0) is 43.3 Å². The zero-order chi connectivity index (χ0) is 14.7. The molecule has 2 fully saturated rings. The Labute approximate surface area is 125 Å². The Bertz CT molecular complexity index is 479. The van der Waals surface area contributed by atoms with Crippen molar-refractivity contribution in [2.75, 3.05) is 31.6 Å². The summed E-state index contributed by atoms with van der Waals surface area (Å²) in [6.07, 6.45) is 1.09. The van der Waals surface area contributed by atoms with Crippen molar-refractivity contribution in [2.45, 2.75) is 19.4 Å². The Balaban J connectivity index is 1.52. The molecule has 0 spiro atoms. The van der Waals surface area contributed by atoms with Crippen molar-refractivity contribution in [3.63, 3.8) is 0 Å². The van der Waals surface area contributed by atoms with E-state index in [0.29, 0.717) is 12.5 Å². The molecule has 3 rings (SSSR count). The fraction of sp³-hybridized carbons (Fsp3) is 0.562. The number of amides is 1. The molecule has 2 heterocycles. The van der Waals surface area contributed by atoms with Crippen molar-refractivity contribution in [1.82, 2.24) is 5.32 Å². The first kappa shape index (κ1) is 14.4. The number of ether oxygens (including phenoxy) is 2. The number of nitrogens with one attached hydrogen (secondary N) is 2. The number of anilines is 1. The second-order valence-electron chi connectivity index (χ2n) is 5.82. The maximum atomic E-state index is 12.1. The maximum absolute atomic E-state index is 12.1. The van der Waals surface area contributed by atoms with Crippen LogP contribution < -0.4 is 15.4 Å². The third kappa shape index (κ3) is 3.54. The Hall–Kier alpha value is -1.59. The molecule has 1 amide bonds. The molecule has 1 aromatic carbocycles. The van der Waals surface area contributed by atoms with Crippen LogP contribution >= 0.6 is 0 Å². The molecule has 114 valence electrons. The second-order valence-corrected chi connectivity index (χ2v) is 5.82. The van der Waals surface area contributed by atoms with Gasteiger partial charge in [0.25, 0.3) is 0 Å². The van der Waals surface area contributed by atoms with Crippen molar-refractivity contribution >= 4 is 11.6 Å². The summed E-state index contributed by atoms with van der Waals surface area (Å²) in [5.41, 5.74) is 0.814. The van der Waals surface area contributed by atoms with Crippen LogP contribution in [-0.2, 0) is 9.53 Å². The van der Waals surface area contributed by atoms with Gasteiger partial charge in [-0.25, -0.2) is 0 Å². The molecule has 2 N–H and O–H groups in total. The average Bonchev–Trinajstić information content (AvgIpc) is 2.92. The van der Waals surface area contributed by atoms with Gasteiger partial charge in [0.1, 0.15) is 11.9 Å². The third-order valence-electron chi connectivity index (χ3n) is 4.25. The Morgan fingerprint density at radius 2 is 2.14 bits per heavy atom. The van der Waals surface area contributed by atoms with E-state index in [1.54, 1.807) is 0 Å². The molecule has 0 aromatic heterocycles. The zero-order valence-corrected chi connectivity index (χ0v) is 12.3. The van der Waals surface area contributed by atoms with Crippen molar-refractivity contribution in [3.05, 3.63) is 24.3 Å². The van der Waals surface area contributed by atoms with Crippen molar-refractivity contribution in [2.24, 2.45) is 11.8 Å². The van der Waals surface area contributed by atoms with E-state index >= 15 is 0 Å². The van der Waals surface area contributed by atoms with Gasteiger partial charge in [-0.1, -0.05) is 6.92 Å². The third-order valence-corrected chi connectivity index (χ3v) is 4.25. The van der Waals surface area contributed by atoms with Gasteiger partial charge in [-0.15, -0.1) is 0 Å². The molecular formula is C16H22N2O3. The van der Waals surface area contributed by atoms with Crippen LogP contribution in [0.25, 0.3) is 0 Å². The Morgan fingerprint density at radius 1 is 1.38 bits per heavy atom. The first-order valence-corrected chi connectivity index (χ1v) is 7.58. The number of rotatable bonds is 5. The van der Waals surface area contributed by atoms with Gasteiger partial charge in [-0.2, -0.15) is 0 Å². The molecule has 2 saturated heterocycles. The minimum absolute atomic E-state index is 0.0396. The highest BCUT2D eigenvalue weighted by molar-refractivity contribution is 5.92. The maximum Gasteiger partial charge on any atom is 0.227 e. The lowest BCUT2D eigenvalue weighted by Crippen LogP contribution is -2.48. The Kier molecular flexibility index (Phi) is 4.41. The van der Waals surface area contributed by atoms with Crippen LogP contribution in [0.4, 0.5) is 5.69 Å². The molecule has 0 aliphatic carbocycles. The predicted octanol–water partition coefficient (Wildman–Crippen LogP) is 1.65. The van der Waals surface area contributed by atoms with E-state index in [4.69, 9.17) is 9.47 Å². The quantitative estimate of drug-likeness (QED) is 0.865. The van der Waals surface area contributed by atoms with Gasteiger partial charge >= 0.3 is 0 Å². The summed E-state index contributed by atoms with van der Waals surface area (Å²) < 4.78 is 11.1. The van der Waals surface area contributed by atoms with Crippen LogP contribution in [0.15, 0.2) is 24.3 Å².